The molecule has 1 aliphatic rings. The maximum absolute atomic E-state index is 12.1. The summed E-state index contributed by atoms with van der Waals surface area (Å²) >= 11 is 5.95. The number of nitrogens with one attached hydrogen (secondary N) is 1. The third-order valence-corrected chi connectivity index (χ3v) is 3.51. The molecular formula is C13H14ClNO4. The Labute approximate surface area is 115 Å². The Bertz CT molecular complexity index is 517. The van der Waals surface area contributed by atoms with Crippen LogP contribution in [0.4, 0.5) is 5.69 Å². The van der Waals surface area contributed by atoms with Crippen LogP contribution in [0.2, 0.25) is 5.02 Å². The van der Waals surface area contributed by atoms with Gasteiger partial charge in [-0.3, -0.25) is 4.79 Å². The van der Waals surface area contributed by atoms with E-state index in [0.29, 0.717) is 23.7 Å². The van der Waals surface area contributed by atoms with Crippen LogP contribution in [-0.4, -0.2) is 29.7 Å². The molecule has 2 unspecified atom stereocenters. The number of carboxylic acids is 1. The molecule has 19 heavy (non-hydrogen) atoms. The Kier molecular flexibility index (Phi) is 4.07. The minimum Gasteiger partial charge on any atom is -0.478 e. The summed E-state index contributed by atoms with van der Waals surface area (Å²) in [5.74, 6) is -1.50. The second-order valence-electron chi connectivity index (χ2n) is 4.46. The maximum Gasteiger partial charge on any atom is 0.335 e. The number of carbonyl (C=O) groups is 2. The normalized spacial score (nSPS) is 22.2. The summed E-state index contributed by atoms with van der Waals surface area (Å²) in [4.78, 5) is 22.9. The monoisotopic (exact) mass is 283 g/mol. The Balaban J connectivity index is 2.16. The molecule has 2 N–H and O–H groups in total. The van der Waals surface area contributed by atoms with Gasteiger partial charge in [0.2, 0.25) is 5.91 Å². The van der Waals surface area contributed by atoms with E-state index in [9.17, 15) is 9.59 Å². The topological polar surface area (TPSA) is 75.6 Å². The highest BCUT2D eigenvalue weighted by Gasteiger charge is 2.31. The second kappa shape index (κ2) is 5.59. The van der Waals surface area contributed by atoms with Crippen LogP contribution in [0.3, 0.4) is 0 Å². The molecule has 0 bridgehead atoms. The first-order valence-corrected chi connectivity index (χ1v) is 6.32. The second-order valence-corrected chi connectivity index (χ2v) is 4.87. The summed E-state index contributed by atoms with van der Waals surface area (Å²) in [6.45, 7) is 2.40. The molecule has 2 atom stereocenters. The van der Waals surface area contributed by atoms with E-state index >= 15 is 0 Å². The number of benzene rings is 1. The zero-order chi connectivity index (χ0) is 14.0. The van der Waals surface area contributed by atoms with E-state index in [-0.39, 0.29) is 23.5 Å². The molecule has 2 rings (SSSR count). The first kappa shape index (κ1) is 13.8. The fraction of sp³-hybridized carbons (Fsp3) is 0.385. The fourth-order valence-corrected chi connectivity index (χ4v) is 2.22. The number of hydrogen-bond donors (Lipinski definition) is 2. The molecule has 102 valence electrons. The van der Waals surface area contributed by atoms with Gasteiger partial charge in [0.15, 0.2) is 0 Å². The van der Waals surface area contributed by atoms with Crippen LogP contribution >= 0.6 is 11.6 Å². The van der Waals surface area contributed by atoms with Gasteiger partial charge in [0.1, 0.15) is 0 Å². The highest BCUT2D eigenvalue weighted by atomic mass is 35.5. The smallest absolute Gasteiger partial charge is 0.335 e. The molecular weight excluding hydrogens is 270 g/mol. The number of hydrogen-bond acceptors (Lipinski definition) is 3. The molecule has 1 fully saturated rings. The van der Waals surface area contributed by atoms with Crippen molar-refractivity contribution in [3.05, 3.63) is 28.8 Å². The summed E-state index contributed by atoms with van der Waals surface area (Å²) in [6.07, 6.45) is 0.518. The highest BCUT2D eigenvalue weighted by Crippen LogP contribution is 2.26. The van der Waals surface area contributed by atoms with E-state index in [1.54, 1.807) is 0 Å². The van der Waals surface area contributed by atoms with Crippen molar-refractivity contribution in [2.75, 3.05) is 11.9 Å². The fourth-order valence-electron chi connectivity index (χ4n) is 2.06. The lowest BCUT2D eigenvalue weighted by Gasteiger charge is -2.15. The molecule has 5 nitrogen and oxygen atoms in total. The van der Waals surface area contributed by atoms with Crippen LogP contribution in [0.25, 0.3) is 0 Å². The molecule has 1 amide bonds. The lowest BCUT2D eigenvalue weighted by atomic mass is 10.0. The average molecular weight is 284 g/mol. The molecule has 0 saturated carbocycles. The van der Waals surface area contributed by atoms with Crippen molar-refractivity contribution < 1.29 is 19.4 Å². The Morgan fingerprint density at radius 2 is 2.21 bits per heavy atom. The number of rotatable bonds is 3. The minimum absolute atomic E-state index is 0.0791. The van der Waals surface area contributed by atoms with Gasteiger partial charge < -0.3 is 15.2 Å². The van der Waals surface area contributed by atoms with Gasteiger partial charge in [-0.25, -0.2) is 4.79 Å². The van der Waals surface area contributed by atoms with Gasteiger partial charge in [0, 0.05) is 6.61 Å². The van der Waals surface area contributed by atoms with Crippen LogP contribution in [0.1, 0.15) is 23.7 Å². The van der Waals surface area contributed by atoms with Crippen molar-refractivity contribution >= 4 is 29.2 Å². The molecule has 1 heterocycles. The van der Waals surface area contributed by atoms with Crippen LogP contribution in [0.5, 0.6) is 0 Å². The number of carbonyl (C=O) groups excluding carboxylic acids is 1. The van der Waals surface area contributed by atoms with Crippen molar-refractivity contribution in [1.29, 1.82) is 0 Å². The SMILES string of the molecule is CC1OCCC1C(=O)Nc1cc(C(=O)O)ccc1Cl. The number of carboxylic acid groups (broad SMARTS) is 1. The predicted octanol–water partition coefficient (Wildman–Crippen LogP) is 2.40. The zero-order valence-electron chi connectivity index (χ0n) is 10.4. The van der Waals surface area contributed by atoms with Crippen molar-refractivity contribution in [1.82, 2.24) is 0 Å². The molecule has 1 aromatic rings. The number of amides is 1. The summed E-state index contributed by atoms with van der Waals surface area (Å²) < 4.78 is 5.33. The Morgan fingerprint density at radius 1 is 1.47 bits per heavy atom. The van der Waals surface area contributed by atoms with Crippen LogP contribution < -0.4 is 5.32 Å². The largest absolute Gasteiger partial charge is 0.478 e. The molecule has 6 heteroatoms. The highest BCUT2D eigenvalue weighted by molar-refractivity contribution is 6.33. The van der Waals surface area contributed by atoms with Crippen molar-refractivity contribution in [2.24, 2.45) is 5.92 Å². The number of halogens is 1. The van der Waals surface area contributed by atoms with Gasteiger partial charge in [-0.1, -0.05) is 11.6 Å². The standard InChI is InChI=1S/C13H14ClNO4/c1-7-9(4-5-19-7)12(16)15-11-6-8(13(17)18)2-3-10(11)14/h2-3,6-7,9H,4-5H2,1H3,(H,15,16)(H,17,18). The minimum atomic E-state index is -1.07. The molecule has 1 saturated heterocycles. The van der Waals surface area contributed by atoms with Crippen LogP contribution in [0, 0.1) is 5.92 Å². The van der Waals surface area contributed by atoms with E-state index < -0.39 is 5.97 Å². The number of ether oxygens (including phenoxy) is 1. The molecule has 1 aliphatic heterocycles. The van der Waals surface area contributed by atoms with Crippen molar-refractivity contribution in [3.63, 3.8) is 0 Å². The van der Waals surface area contributed by atoms with E-state index in [2.05, 4.69) is 5.32 Å². The average Bonchev–Trinajstić information content (AvgIpc) is 2.78. The quantitative estimate of drug-likeness (QED) is 0.893. The van der Waals surface area contributed by atoms with Crippen LogP contribution in [-0.2, 0) is 9.53 Å². The lowest BCUT2D eigenvalue weighted by molar-refractivity contribution is -0.121. The third-order valence-electron chi connectivity index (χ3n) is 3.18. The summed E-state index contributed by atoms with van der Waals surface area (Å²) in [6, 6.07) is 4.19. The van der Waals surface area contributed by atoms with E-state index in [1.165, 1.54) is 18.2 Å². The predicted molar refractivity (Wildman–Crippen MR) is 70.6 cm³/mol. The molecule has 0 aliphatic carbocycles. The maximum atomic E-state index is 12.1. The molecule has 0 radical (unpaired) electrons. The first-order valence-electron chi connectivity index (χ1n) is 5.94. The molecule has 0 aromatic heterocycles. The van der Waals surface area contributed by atoms with E-state index in [4.69, 9.17) is 21.4 Å². The van der Waals surface area contributed by atoms with Gasteiger partial charge in [-0.15, -0.1) is 0 Å². The van der Waals surface area contributed by atoms with Gasteiger partial charge in [-0.05, 0) is 31.5 Å². The van der Waals surface area contributed by atoms with Crippen LogP contribution in [0.15, 0.2) is 18.2 Å². The van der Waals surface area contributed by atoms with Crippen molar-refractivity contribution in [2.45, 2.75) is 19.4 Å². The zero-order valence-corrected chi connectivity index (χ0v) is 11.1. The number of aromatic carboxylic acids is 1. The summed E-state index contributed by atoms with van der Waals surface area (Å²) in [7, 11) is 0. The lowest BCUT2D eigenvalue weighted by Crippen LogP contribution is -2.28. The van der Waals surface area contributed by atoms with E-state index in [0.717, 1.165) is 0 Å². The number of anilines is 1. The van der Waals surface area contributed by atoms with Gasteiger partial charge >= 0.3 is 5.97 Å². The molecule has 0 spiro atoms. The Morgan fingerprint density at radius 3 is 2.79 bits per heavy atom. The molecule has 1 aromatic carbocycles. The van der Waals surface area contributed by atoms with Gasteiger partial charge in [-0.2, -0.15) is 0 Å². The first-order chi connectivity index (χ1) is 8.99. The summed E-state index contributed by atoms with van der Waals surface area (Å²) in [5.41, 5.74) is 0.390. The third kappa shape index (κ3) is 3.05. The van der Waals surface area contributed by atoms with E-state index in [1.807, 2.05) is 6.92 Å². The van der Waals surface area contributed by atoms with Crippen molar-refractivity contribution in [3.8, 4) is 0 Å². The van der Waals surface area contributed by atoms with Gasteiger partial charge in [0.25, 0.3) is 0 Å². The summed E-state index contributed by atoms with van der Waals surface area (Å²) in [5, 5.41) is 11.9. The Hall–Kier alpha value is -1.59. The van der Waals surface area contributed by atoms with Gasteiger partial charge in [0.05, 0.1) is 28.3 Å².